The van der Waals surface area contributed by atoms with Crippen LogP contribution in [-0.2, 0) is 15.8 Å². The van der Waals surface area contributed by atoms with Gasteiger partial charge in [-0.1, -0.05) is 19.9 Å². The molecule has 0 fully saturated rings. The first-order valence-corrected chi connectivity index (χ1v) is 5.91. The Hall–Kier alpha value is -1.22. The van der Waals surface area contributed by atoms with Crippen LogP contribution < -0.4 is 10.5 Å². The number of benzene rings is 1. The monoisotopic (exact) mass is 235 g/mol. The summed E-state index contributed by atoms with van der Waals surface area (Å²) >= 11 is 0. The second-order valence-corrected chi connectivity index (χ2v) is 5.79. The topological polar surface area (TPSA) is 44.5 Å². The fourth-order valence-corrected chi connectivity index (χ4v) is 2.52. The van der Waals surface area contributed by atoms with Gasteiger partial charge in [-0.3, -0.25) is 0 Å². The summed E-state index contributed by atoms with van der Waals surface area (Å²) in [7, 11) is 1.65. The molecule has 0 unspecified atom stereocenters. The highest BCUT2D eigenvalue weighted by Crippen LogP contribution is 2.46. The van der Waals surface area contributed by atoms with E-state index < -0.39 is 0 Å². The van der Waals surface area contributed by atoms with Crippen LogP contribution in [-0.4, -0.2) is 13.7 Å². The van der Waals surface area contributed by atoms with Crippen molar-refractivity contribution in [1.82, 2.24) is 0 Å². The molecule has 2 N–H and O–H groups in total. The molecule has 0 radical (unpaired) electrons. The zero-order chi connectivity index (χ0) is 12.8. The number of rotatable bonds is 1. The van der Waals surface area contributed by atoms with Crippen LogP contribution in [0.3, 0.4) is 0 Å². The summed E-state index contributed by atoms with van der Waals surface area (Å²) in [5, 5.41) is 0. The van der Waals surface area contributed by atoms with Gasteiger partial charge in [-0.2, -0.15) is 0 Å². The van der Waals surface area contributed by atoms with E-state index in [9.17, 15) is 0 Å². The van der Waals surface area contributed by atoms with Gasteiger partial charge in [-0.15, -0.1) is 0 Å². The van der Waals surface area contributed by atoms with Crippen LogP contribution in [0, 0.1) is 0 Å². The molecule has 1 aromatic rings. The lowest BCUT2D eigenvalue weighted by atomic mass is 9.74. The van der Waals surface area contributed by atoms with Gasteiger partial charge in [0, 0.05) is 5.41 Å². The summed E-state index contributed by atoms with van der Waals surface area (Å²) < 4.78 is 11.2. The minimum absolute atomic E-state index is 0.0799. The number of fused-ring (bicyclic) bond motifs is 1. The third kappa shape index (κ3) is 1.78. The first-order chi connectivity index (χ1) is 7.79. The number of ether oxygens (including phenoxy) is 2. The molecule has 2 rings (SSSR count). The molecule has 0 aliphatic carbocycles. The number of hydrogen-bond acceptors (Lipinski definition) is 3. The highest BCUT2D eigenvalue weighted by atomic mass is 16.5. The van der Waals surface area contributed by atoms with Crippen LogP contribution in [0.2, 0.25) is 0 Å². The fourth-order valence-electron chi connectivity index (χ4n) is 2.52. The lowest BCUT2D eigenvalue weighted by Gasteiger charge is -2.42. The van der Waals surface area contributed by atoms with Gasteiger partial charge in [0.05, 0.1) is 25.0 Å². The van der Waals surface area contributed by atoms with E-state index >= 15 is 0 Å². The van der Waals surface area contributed by atoms with E-state index in [1.807, 2.05) is 6.07 Å². The van der Waals surface area contributed by atoms with Crippen LogP contribution in [0.25, 0.3) is 0 Å². The van der Waals surface area contributed by atoms with Gasteiger partial charge in [0.15, 0.2) is 0 Å². The van der Waals surface area contributed by atoms with Gasteiger partial charge in [0.25, 0.3) is 0 Å². The van der Waals surface area contributed by atoms with Crippen molar-refractivity contribution in [2.24, 2.45) is 0 Å². The third-order valence-corrected chi connectivity index (χ3v) is 3.54. The first-order valence-electron chi connectivity index (χ1n) is 5.91. The Labute approximate surface area is 103 Å². The normalized spacial score (nSPS) is 20.8. The molecular weight excluding hydrogens is 214 g/mol. The largest absolute Gasteiger partial charge is 0.495 e. The quantitative estimate of drug-likeness (QED) is 0.761. The minimum Gasteiger partial charge on any atom is -0.495 e. The minimum atomic E-state index is -0.286. The molecule has 0 bridgehead atoms. The maximum atomic E-state index is 6.23. The summed E-state index contributed by atoms with van der Waals surface area (Å²) in [5.41, 5.74) is 8.93. The Morgan fingerprint density at radius 2 is 1.88 bits per heavy atom. The molecule has 1 aromatic carbocycles. The van der Waals surface area contributed by atoms with Crippen molar-refractivity contribution in [3.8, 4) is 5.75 Å². The zero-order valence-corrected chi connectivity index (χ0v) is 11.3. The number of nitrogen functional groups attached to an aromatic ring is 1. The Morgan fingerprint density at radius 3 is 2.47 bits per heavy atom. The molecule has 3 heteroatoms. The van der Waals surface area contributed by atoms with Crippen molar-refractivity contribution in [3.63, 3.8) is 0 Å². The van der Waals surface area contributed by atoms with Gasteiger partial charge >= 0.3 is 0 Å². The summed E-state index contributed by atoms with van der Waals surface area (Å²) in [6.45, 7) is 9.12. The van der Waals surface area contributed by atoms with Crippen LogP contribution in [0.1, 0.15) is 38.8 Å². The Kier molecular flexibility index (Phi) is 2.62. The maximum Gasteiger partial charge on any atom is 0.142 e. The van der Waals surface area contributed by atoms with Crippen LogP contribution in [0.4, 0.5) is 5.69 Å². The molecule has 1 aliphatic heterocycles. The van der Waals surface area contributed by atoms with Crippen LogP contribution >= 0.6 is 0 Å². The van der Waals surface area contributed by atoms with Crippen LogP contribution in [0.15, 0.2) is 12.1 Å². The molecule has 94 valence electrons. The molecular formula is C14H21NO2. The zero-order valence-electron chi connectivity index (χ0n) is 11.3. The summed E-state index contributed by atoms with van der Waals surface area (Å²) in [4.78, 5) is 0. The van der Waals surface area contributed by atoms with Gasteiger partial charge in [-0.05, 0) is 31.0 Å². The van der Waals surface area contributed by atoms with Crippen molar-refractivity contribution in [2.45, 2.75) is 38.7 Å². The molecule has 3 nitrogen and oxygen atoms in total. The molecule has 0 saturated heterocycles. The Balaban J connectivity index is 2.72. The highest BCUT2D eigenvalue weighted by Gasteiger charge is 2.40. The van der Waals surface area contributed by atoms with Crippen molar-refractivity contribution < 1.29 is 9.47 Å². The van der Waals surface area contributed by atoms with E-state index in [1.165, 1.54) is 0 Å². The number of methoxy groups -OCH3 is 1. The predicted octanol–water partition coefficient (Wildman–Crippen LogP) is 2.82. The van der Waals surface area contributed by atoms with E-state index in [1.54, 1.807) is 7.11 Å². The second kappa shape index (κ2) is 3.64. The summed E-state index contributed by atoms with van der Waals surface area (Å²) in [6, 6.07) is 3.98. The molecule has 0 saturated carbocycles. The first kappa shape index (κ1) is 12.2. The summed E-state index contributed by atoms with van der Waals surface area (Å²) in [5.74, 6) is 0.745. The lowest BCUT2D eigenvalue weighted by molar-refractivity contribution is -0.0585. The van der Waals surface area contributed by atoms with E-state index in [2.05, 4.69) is 33.8 Å². The van der Waals surface area contributed by atoms with Crippen molar-refractivity contribution in [2.75, 3.05) is 19.5 Å². The molecule has 1 heterocycles. The predicted molar refractivity (Wildman–Crippen MR) is 69.4 cm³/mol. The second-order valence-electron chi connectivity index (χ2n) is 5.79. The van der Waals surface area contributed by atoms with Crippen molar-refractivity contribution in [1.29, 1.82) is 0 Å². The molecule has 0 aromatic heterocycles. The van der Waals surface area contributed by atoms with E-state index in [0.717, 1.165) is 22.6 Å². The lowest BCUT2D eigenvalue weighted by Crippen LogP contribution is -2.40. The van der Waals surface area contributed by atoms with Crippen molar-refractivity contribution >= 4 is 5.69 Å². The SMILES string of the molecule is COc1ccc2c(c1N)C(C)(C)COC2(C)C. The van der Waals surface area contributed by atoms with Gasteiger partial charge in [-0.25, -0.2) is 0 Å². The average Bonchev–Trinajstić information content (AvgIpc) is 2.24. The third-order valence-electron chi connectivity index (χ3n) is 3.54. The molecule has 0 spiro atoms. The smallest absolute Gasteiger partial charge is 0.142 e. The molecule has 0 atom stereocenters. The molecule has 1 aliphatic rings. The Bertz CT molecular complexity index is 450. The van der Waals surface area contributed by atoms with Gasteiger partial charge in [0.2, 0.25) is 0 Å². The standard InChI is InChI=1S/C14H21NO2/c1-13(2)8-17-14(3,4)9-6-7-10(16-5)12(15)11(9)13/h6-7H,8,15H2,1-5H3. The number of nitrogens with two attached hydrogens (primary N) is 1. The average molecular weight is 235 g/mol. The molecule has 0 amide bonds. The fraction of sp³-hybridized carbons (Fsp3) is 0.571. The van der Waals surface area contributed by atoms with E-state index in [0.29, 0.717) is 6.61 Å². The van der Waals surface area contributed by atoms with Gasteiger partial charge in [0.1, 0.15) is 5.75 Å². The highest BCUT2D eigenvalue weighted by molar-refractivity contribution is 5.65. The maximum absolute atomic E-state index is 6.23. The Morgan fingerprint density at radius 1 is 1.24 bits per heavy atom. The summed E-state index contributed by atoms with van der Waals surface area (Å²) in [6.07, 6.45) is 0. The van der Waals surface area contributed by atoms with E-state index in [-0.39, 0.29) is 11.0 Å². The molecule has 17 heavy (non-hydrogen) atoms. The van der Waals surface area contributed by atoms with E-state index in [4.69, 9.17) is 15.2 Å². The number of hydrogen-bond donors (Lipinski definition) is 1. The van der Waals surface area contributed by atoms with Gasteiger partial charge < -0.3 is 15.2 Å². The van der Waals surface area contributed by atoms with Crippen molar-refractivity contribution in [3.05, 3.63) is 23.3 Å². The van der Waals surface area contributed by atoms with Crippen LogP contribution in [0.5, 0.6) is 5.75 Å². The number of anilines is 1.